The highest BCUT2D eigenvalue weighted by Crippen LogP contribution is 2.28. The Balaban J connectivity index is 1.41. The van der Waals surface area contributed by atoms with Crippen LogP contribution in [0, 0.1) is 29.2 Å². The molecule has 1 aromatic heterocycles. The van der Waals surface area contributed by atoms with E-state index in [1.165, 1.54) is 23.2 Å². The summed E-state index contributed by atoms with van der Waals surface area (Å²) in [6, 6.07) is 6.41. The molecule has 5 nitrogen and oxygen atoms in total. The van der Waals surface area contributed by atoms with Crippen molar-refractivity contribution in [1.82, 2.24) is 4.98 Å². The van der Waals surface area contributed by atoms with Crippen LogP contribution in [0.15, 0.2) is 42.6 Å². The second-order valence-corrected chi connectivity index (χ2v) is 8.08. The number of hydrogen-bond acceptors (Lipinski definition) is 4. The molecular weight excluding hydrogens is 434 g/mol. The van der Waals surface area contributed by atoms with Crippen molar-refractivity contribution in [1.29, 1.82) is 0 Å². The van der Waals surface area contributed by atoms with E-state index < -0.39 is 41.0 Å². The summed E-state index contributed by atoms with van der Waals surface area (Å²) in [6.07, 6.45) is 1.85. The number of benzene rings is 2. The van der Waals surface area contributed by atoms with Gasteiger partial charge in [0, 0.05) is 41.9 Å². The number of halogens is 4. The van der Waals surface area contributed by atoms with Gasteiger partial charge in [-0.25, -0.2) is 22.5 Å². The Morgan fingerprint density at radius 2 is 1.90 bits per heavy atom. The first-order valence-corrected chi connectivity index (χ1v) is 10.1. The number of hydrogen-bond donors (Lipinski definition) is 1. The Hall–Kier alpha value is -3.27. The molecule has 0 saturated carbocycles. The third-order valence-electron chi connectivity index (χ3n) is 4.90. The maximum atomic E-state index is 13.8. The van der Waals surface area contributed by atoms with Gasteiger partial charge in [0.15, 0.2) is 16.8 Å². The van der Waals surface area contributed by atoms with Gasteiger partial charge in [0.2, 0.25) is 11.8 Å². The summed E-state index contributed by atoms with van der Waals surface area (Å²) in [5.41, 5.74) is 0.466. The highest BCUT2D eigenvalue weighted by Gasteiger charge is 2.38. The molecule has 0 spiro atoms. The Kier molecular flexibility index (Phi) is 5.73. The zero-order valence-electron chi connectivity index (χ0n) is 15.9. The van der Waals surface area contributed by atoms with Crippen molar-refractivity contribution in [2.45, 2.75) is 12.8 Å². The minimum Gasteiger partial charge on any atom is -0.312 e. The molecule has 0 unspecified atom stereocenters. The van der Waals surface area contributed by atoms with Gasteiger partial charge in [0.1, 0.15) is 17.6 Å². The molecular formula is C21H15F4N3O2S. The van der Waals surface area contributed by atoms with Crippen molar-refractivity contribution in [2.24, 2.45) is 5.92 Å². The molecule has 1 aliphatic heterocycles. The Labute approximate surface area is 178 Å². The van der Waals surface area contributed by atoms with E-state index in [0.717, 1.165) is 35.6 Å². The SMILES string of the molecule is O=C(Nc1ncc(Cc2ccc(F)cc2F)s1)[C@H]1CCN(c2ccc(F)c(F)c2)C1=O. The largest absolute Gasteiger partial charge is 0.312 e. The molecule has 1 fully saturated rings. The molecule has 4 rings (SSSR count). The minimum absolute atomic E-state index is 0.173. The number of anilines is 2. The topological polar surface area (TPSA) is 62.3 Å². The molecule has 0 bridgehead atoms. The molecule has 160 valence electrons. The first kappa shape index (κ1) is 21.0. The average molecular weight is 449 g/mol. The fourth-order valence-electron chi connectivity index (χ4n) is 3.32. The number of amides is 2. The smallest absolute Gasteiger partial charge is 0.239 e. The van der Waals surface area contributed by atoms with E-state index in [2.05, 4.69) is 10.3 Å². The van der Waals surface area contributed by atoms with E-state index in [9.17, 15) is 27.2 Å². The van der Waals surface area contributed by atoms with E-state index in [4.69, 9.17) is 0 Å². The van der Waals surface area contributed by atoms with E-state index in [1.54, 1.807) is 0 Å². The molecule has 2 heterocycles. The van der Waals surface area contributed by atoms with Crippen LogP contribution in [0.1, 0.15) is 16.9 Å². The Morgan fingerprint density at radius 3 is 2.65 bits per heavy atom. The summed E-state index contributed by atoms with van der Waals surface area (Å²) in [5.74, 6) is -5.52. The number of aromatic nitrogens is 1. The highest BCUT2D eigenvalue weighted by molar-refractivity contribution is 7.15. The fourth-order valence-corrected chi connectivity index (χ4v) is 4.16. The van der Waals surface area contributed by atoms with Gasteiger partial charge in [-0.15, -0.1) is 11.3 Å². The normalized spacial score (nSPS) is 16.1. The van der Waals surface area contributed by atoms with Crippen LogP contribution in [0.5, 0.6) is 0 Å². The molecule has 0 aliphatic carbocycles. The van der Waals surface area contributed by atoms with Gasteiger partial charge < -0.3 is 10.2 Å². The van der Waals surface area contributed by atoms with Crippen molar-refractivity contribution < 1.29 is 27.2 Å². The predicted octanol–water partition coefficient (Wildman–Crippen LogP) is 4.28. The number of nitrogens with one attached hydrogen (secondary N) is 1. The van der Waals surface area contributed by atoms with Gasteiger partial charge >= 0.3 is 0 Å². The standard InChI is InChI=1S/C21H15F4N3O2S/c22-12-2-1-11(17(24)8-12)7-14-10-26-21(31-14)27-19(29)15-5-6-28(20(15)30)13-3-4-16(23)18(25)9-13/h1-4,8-10,15H,5-7H2,(H,26,27,29)/t15-/m1/s1. The third kappa shape index (κ3) is 4.43. The zero-order chi connectivity index (χ0) is 22.1. The van der Waals surface area contributed by atoms with Crippen LogP contribution >= 0.6 is 11.3 Å². The van der Waals surface area contributed by atoms with E-state index >= 15 is 0 Å². The molecule has 2 amide bonds. The summed E-state index contributed by atoms with van der Waals surface area (Å²) >= 11 is 1.11. The second kappa shape index (κ2) is 8.46. The summed E-state index contributed by atoms with van der Waals surface area (Å²) in [6.45, 7) is 0.189. The van der Waals surface area contributed by atoms with Crippen LogP contribution in [0.25, 0.3) is 0 Å². The highest BCUT2D eigenvalue weighted by atomic mass is 32.1. The first-order chi connectivity index (χ1) is 14.8. The van der Waals surface area contributed by atoms with Crippen LogP contribution in [0.4, 0.5) is 28.4 Å². The van der Waals surface area contributed by atoms with Gasteiger partial charge in [-0.2, -0.15) is 0 Å². The van der Waals surface area contributed by atoms with E-state index in [-0.39, 0.29) is 35.8 Å². The zero-order valence-corrected chi connectivity index (χ0v) is 16.7. The predicted molar refractivity (Wildman–Crippen MR) is 107 cm³/mol. The van der Waals surface area contributed by atoms with E-state index in [1.807, 2.05) is 0 Å². The molecule has 3 aromatic rings. The third-order valence-corrected chi connectivity index (χ3v) is 5.81. The fraction of sp³-hybridized carbons (Fsp3) is 0.190. The quantitative estimate of drug-likeness (QED) is 0.467. The van der Waals surface area contributed by atoms with Crippen molar-refractivity contribution in [2.75, 3.05) is 16.8 Å². The molecule has 10 heteroatoms. The summed E-state index contributed by atoms with van der Waals surface area (Å²) in [5, 5.41) is 2.81. The first-order valence-electron chi connectivity index (χ1n) is 9.28. The maximum absolute atomic E-state index is 13.8. The summed E-state index contributed by atoms with van der Waals surface area (Å²) < 4.78 is 53.4. The molecule has 2 aromatic carbocycles. The van der Waals surface area contributed by atoms with Crippen molar-refractivity contribution in [3.8, 4) is 0 Å². The van der Waals surface area contributed by atoms with Gasteiger partial charge in [0.05, 0.1) is 0 Å². The Morgan fingerprint density at radius 1 is 1.10 bits per heavy atom. The summed E-state index contributed by atoms with van der Waals surface area (Å²) in [7, 11) is 0. The van der Waals surface area contributed by atoms with Crippen molar-refractivity contribution >= 4 is 34.0 Å². The monoisotopic (exact) mass is 449 g/mol. The molecule has 31 heavy (non-hydrogen) atoms. The van der Waals surface area contributed by atoms with Crippen LogP contribution in [-0.4, -0.2) is 23.3 Å². The number of carbonyl (C=O) groups excluding carboxylic acids is 2. The molecule has 1 aliphatic rings. The van der Waals surface area contributed by atoms with E-state index in [0.29, 0.717) is 4.88 Å². The van der Waals surface area contributed by atoms with Gasteiger partial charge in [-0.1, -0.05) is 6.07 Å². The average Bonchev–Trinajstić information content (AvgIpc) is 3.32. The van der Waals surface area contributed by atoms with Gasteiger partial charge in [-0.05, 0) is 30.2 Å². The maximum Gasteiger partial charge on any atom is 0.239 e. The van der Waals surface area contributed by atoms with Crippen LogP contribution in [0.3, 0.4) is 0 Å². The Bertz CT molecular complexity index is 1170. The lowest BCUT2D eigenvalue weighted by molar-refractivity contribution is -0.129. The molecule has 0 radical (unpaired) electrons. The lowest BCUT2D eigenvalue weighted by Gasteiger charge is -2.16. The molecule has 1 atom stereocenters. The lowest BCUT2D eigenvalue weighted by atomic mass is 10.1. The number of rotatable bonds is 5. The number of nitrogens with zero attached hydrogens (tertiary/aromatic N) is 2. The lowest BCUT2D eigenvalue weighted by Crippen LogP contribution is -2.33. The number of thiazole rings is 1. The molecule has 1 saturated heterocycles. The summed E-state index contributed by atoms with van der Waals surface area (Å²) in [4.78, 5) is 31.1. The van der Waals surface area contributed by atoms with Gasteiger partial charge in [-0.3, -0.25) is 9.59 Å². The number of carbonyl (C=O) groups is 2. The molecule has 1 N–H and O–H groups in total. The van der Waals surface area contributed by atoms with Crippen LogP contribution in [0.2, 0.25) is 0 Å². The second-order valence-electron chi connectivity index (χ2n) is 6.96. The van der Waals surface area contributed by atoms with Crippen molar-refractivity contribution in [3.05, 3.63) is 76.3 Å². The van der Waals surface area contributed by atoms with Crippen molar-refractivity contribution in [3.63, 3.8) is 0 Å². The van der Waals surface area contributed by atoms with Gasteiger partial charge in [0.25, 0.3) is 0 Å². The van der Waals surface area contributed by atoms with Crippen LogP contribution in [-0.2, 0) is 16.0 Å². The minimum atomic E-state index is -1.08. The van der Waals surface area contributed by atoms with Crippen LogP contribution < -0.4 is 10.2 Å².